The van der Waals surface area contributed by atoms with Crippen molar-refractivity contribution >= 4 is 45.7 Å². The lowest BCUT2D eigenvalue weighted by Crippen LogP contribution is -2.19. The van der Waals surface area contributed by atoms with Crippen molar-refractivity contribution in [2.24, 2.45) is 0 Å². The van der Waals surface area contributed by atoms with Gasteiger partial charge in [-0.05, 0) is 38.1 Å². The van der Waals surface area contributed by atoms with Crippen LogP contribution in [0.3, 0.4) is 0 Å². The number of fused-ring (bicyclic) bond motifs is 1. The molecule has 4 aromatic rings. The van der Waals surface area contributed by atoms with Gasteiger partial charge >= 0.3 is 12.5 Å². The van der Waals surface area contributed by atoms with Crippen LogP contribution in [0.15, 0.2) is 42.5 Å². The number of ether oxygens (including phenoxy) is 1. The van der Waals surface area contributed by atoms with Gasteiger partial charge in [0.15, 0.2) is 0 Å². The molecule has 2 heterocycles. The molecule has 0 aliphatic carbocycles. The normalized spacial score (nSPS) is 12.2. The average Bonchev–Trinajstić information content (AvgIpc) is 3.05. The Hall–Kier alpha value is -3.51. The molecule has 0 atom stereocenters. The Bertz CT molecular complexity index is 1550. The molecule has 2 aromatic carbocycles. The predicted octanol–water partition coefficient (Wildman–Crippen LogP) is 7.57. The van der Waals surface area contributed by atoms with Gasteiger partial charge in [-0.25, -0.2) is 4.98 Å². The number of hydrogen-bond acceptors (Lipinski definition) is 4. The van der Waals surface area contributed by atoms with Gasteiger partial charge in [0.25, 0.3) is 5.91 Å². The number of aryl methyl sites for hydroxylation is 1. The quantitative estimate of drug-likeness (QED) is 0.249. The second kappa shape index (κ2) is 9.99. The lowest BCUT2D eigenvalue weighted by atomic mass is 10.1. The number of aromatic nitrogens is 3. The van der Waals surface area contributed by atoms with Gasteiger partial charge in [0.2, 0.25) is 0 Å². The van der Waals surface area contributed by atoms with Crippen molar-refractivity contribution in [2.75, 3.05) is 5.32 Å². The number of amides is 1. The van der Waals surface area contributed by atoms with E-state index in [1.165, 1.54) is 41.9 Å². The third-order valence-electron chi connectivity index (χ3n) is 5.51. The van der Waals surface area contributed by atoms with Crippen LogP contribution in [0.1, 0.15) is 33.0 Å². The fraction of sp³-hybridized carbons (Fsp3) is 0.208. The highest BCUT2D eigenvalue weighted by atomic mass is 35.5. The number of nitrogens with zero attached hydrogens (tertiary/aromatic N) is 3. The van der Waals surface area contributed by atoms with Gasteiger partial charge in [0.05, 0.1) is 39.7 Å². The second-order valence-electron chi connectivity index (χ2n) is 8.15. The maximum atomic E-state index is 13.5. The van der Waals surface area contributed by atoms with E-state index >= 15 is 0 Å². The molecule has 0 radical (unpaired) electrons. The molecule has 0 spiro atoms. The van der Waals surface area contributed by atoms with Crippen molar-refractivity contribution in [3.63, 3.8) is 0 Å². The van der Waals surface area contributed by atoms with Crippen molar-refractivity contribution in [1.82, 2.24) is 14.8 Å². The number of rotatable bonds is 5. The minimum absolute atomic E-state index is 0.00563. The van der Waals surface area contributed by atoms with Crippen LogP contribution in [-0.4, -0.2) is 27.0 Å². The van der Waals surface area contributed by atoms with Gasteiger partial charge in [-0.15, -0.1) is 13.2 Å². The summed E-state index contributed by atoms with van der Waals surface area (Å²) in [5.41, 5.74) is -1.05. The molecule has 200 valence electrons. The Morgan fingerprint density at radius 3 is 2.39 bits per heavy atom. The van der Waals surface area contributed by atoms with E-state index < -0.39 is 29.9 Å². The molecular formula is C24H16Cl2F6N4O2. The Balaban J connectivity index is 1.71. The van der Waals surface area contributed by atoms with Crippen molar-refractivity contribution in [3.8, 4) is 5.75 Å². The largest absolute Gasteiger partial charge is 0.573 e. The van der Waals surface area contributed by atoms with Gasteiger partial charge in [-0.3, -0.25) is 9.48 Å². The van der Waals surface area contributed by atoms with E-state index in [0.29, 0.717) is 11.8 Å². The number of anilines is 1. The monoisotopic (exact) mass is 576 g/mol. The molecule has 0 saturated carbocycles. The van der Waals surface area contributed by atoms with E-state index in [1.807, 2.05) is 0 Å². The summed E-state index contributed by atoms with van der Waals surface area (Å²) in [4.78, 5) is 16.8. The van der Waals surface area contributed by atoms with Crippen molar-refractivity contribution in [1.29, 1.82) is 0 Å². The predicted molar refractivity (Wildman–Crippen MR) is 129 cm³/mol. The molecule has 0 aliphatic rings. The van der Waals surface area contributed by atoms with Gasteiger partial charge < -0.3 is 10.1 Å². The first-order chi connectivity index (χ1) is 17.6. The zero-order chi connectivity index (χ0) is 28.0. The number of pyridine rings is 1. The van der Waals surface area contributed by atoms with E-state index in [0.717, 1.165) is 6.07 Å². The molecule has 4 rings (SSSR count). The SMILES string of the molecule is Cc1nn(Cc2ccccc2OC(F)(F)F)c(C)c1NC(=O)c1cc(C(F)(F)F)nc2c(Cl)cc(Cl)cc12. The molecule has 1 amide bonds. The lowest BCUT2D eigenvalue weighted by molar-refractivity contribution is -0.274. The Morgan fingerprint density at radius 1 is 1.05 bits per heavy atom. The molecule has 6 nitrogen and oxygen atoms in total. The molecule has 38 heavy (non-hydrogen) atoms. The minimum atomic E-state index is -4.90. The molecule has 0 unspecified atom stereocenters. The Morgan fingerprint density at radius 2 is 1.74 bits per heavy atom. The summed E-state index contributed by atoms with van der Waals surface area (Å²) < 4.78 is 84.3. The zero-order valence-corrected chi connectivity index (χ0v) is 20.9. The summed E-state index contributed by atoms with van der Waals surface area (Å²) >= 11 is 12.1. The summed E-state index contributed by atoms with van der Waals surface area (Å²) in [5.74, 6) is -1.34. The van der Waals surface area contributed by atoms with Crippen LogP contribution < -0.4 is 10.1 Å². The van der Waals surface area contributed by atoms with Crippen LogP contribution in [0, 0.1) is 13.8 Å². The lowest BCUT2D eigenvalue weighted by Gasteiger charge is -2.14. The van der Waals surface area contributed by atoms with Crippen LogP contribution >= 0.6 is 23.2 Å². The Labute approximate surface area is 221 Å². The van der Waals surface area contributed by atoms with Gasteiger partial charge in [-0.1, -0.05) is 41.4 Å². The van der Waals surface area contributed by atoms with Crippen molar-refractivity contribution < 1.29 is 35.9 Å². The number of para-hydroxylation sites is 1. The van der Waals surface area contributed by atoms with Crippen LogP contribution in [0.25, 0.3) is 10.9 Å². The molecule has 0 aliphatic heterocycles. The average molecular weight is 577 g/mol. The molecule has 14 heteroatoms. The minimum Gasteiger partial charge on any atom is -0.405 e. The molecule has 0 bridgehead atoms. The fourth-order valence-corrected chi connectivity index (χ4v) is 4.35. The molecule has 0 saturated heterocycles. The topological polar surface area (TPSA) is 69.0 Å². The van der Waals surface area contributed by atoms with Crippen LogP contribution in [-0.2, 0) is 12.7 Å². The fourth-order valence-electron chi connectivity index (χ4n) is 3.82. The summed E-state index contributed by atoms with van der Waals surface area (Å²) in [7, 11) is 0. The zero-order valence-electron chi connectivity index (χ0n) is 19.4. The number of halogens is 8. The number of benzene rings is 2. The second-order valence-corrected chi connectivity index (χ2v) is 8.99. The first kappa shape index (κ1) is 27.5. The maximum absolute atomic E-state index is 13.5. The Kier molecular flexibility index (Phi) is 7.23. The van der Waals surface area contributed by atoms with E-state index in [1.54, 1.807) is 6.92 Å². The highest BCUT2D eigenvalue weighted by Gasteiger charge is 2.35. The molecular weight excluding hydrogens is 561 g/mol. The summed E-state index contributed by atoms with van der Waals surface area (Å²) in [6.07, 6.45) is -9.77. The van der Waals surface area contributed by atoms with E-state index in [2.05, 4.69) is 20.1 Å². The number of carbonyl (C=O) groups excluding carboxylic acids is 1. The van der Waals surface area contributed by atoms with Crippen molar-refractivity contribution in [3.05, 3.63) is 80.7 Å². The van der Waals surface area contributed by atoms with Crippen LogP contribution in [0.4, 0.5) is 32.0 Å². The summed E-state index contributed by atoms with van der Waals surface area (Å²) in [6.45, 7) is 2.93. The third-order valence-corrected chi connectivity index (χ3v) is 6.01. The number of nitrogens with one attached hydrogen (secondary N) is 1. The highest BCUT2D eigenvalue weighted by Crippen LogP contribution is 2.35. The number of hydrogen-bond donors (Lipinski definition) is 1. The van der Waals surface area contributed by atoms with Crippen molar-refractivity contribution in [2.45, 2.75) is 32.9 Å². The van der Waals surface area contributed by atoms with Crippen LogP contribution in [0.5, 0.6) is 5.75 Å². The first-order valence-corrected chi connectivity index (χ1v) is 11.5. The first-order valence-electron chi connectivity index (χ1n) is 10.7. The van der Waals surface area contributed by atoms with Gasteiger partial charge in [-0.2, -0.15) is 18.3 Å². The molecule has 1 N–H and O–H groups in total. The number of carbonyl (C=O) groups is 1. The number of alkyl halides is 6. The summed E-state index contributed by atoms with van der Waals surface area (Å²) in [5, 5.41) is 6.72. The van der Waals surface area contributed by atoms with Gasteiger partial charge in [0.1, 0.15) is 11.4 Å². The molecule has 2 aromatic heterocycles. The smallest absolute Gasteiger partial charge is 0.405 e. The van der Waals surface area contributed by atoms with Crippen LogP contribution in [0.2, 0.25) is 10.0 Å². The van der Waals surface area contributed by atoms with E-state index in [4.69, 9.17) is 23.2 Å². The summed E-state index contributed by atoms with van der Waals surface area (Å²) in [6, 6.07) is 8.54. The highest BCUT2D eigenvalue weighted by molar-refractivity contribution is 6.39. The third kappa shape index (κ3) is 5.81. The standard InChI is InChI=1S/C24H16Cl2F6N4O2/c1-11-20(12(2)36(35-11)10-13-5-3-4-6-18(13)38-24(30,31)32)34-22(37)16-9-19(23(27,28)29)33-21-15(16)7-14(25)8-17(21)26/h3-9H,10H2,1-2H3,(H,34,37). The molecule has 0 fully saturated rings. The van der Waals surface area contributed by atoms with Gasteiger partial charge in [0, 0.05) is 16.0 Å². The van der Waals surface area contributed by atoms with E-state index in [-0.39, 0.29) is 50.0 Å². The maximum Gasteiger partial charge on any atom is 0.573 e. The van der Waals surface area contributed by atoms with E-state index in [9.17, 15) is 31.1 Å².